The lowest BCUT2D eigenvalue weighted by Crippen LogP contribution is -2.14. The van der Waals surface area contributed by atoms with Gasteiger partial charge >= 0.3 is 0 Å². The van der Waals surface area contributed by atoms with E-state index in [9.17, 15) is 14.0 Å². The van der Waals surface area contributed by atoms with Crippen molar-refractivity contribution in [3.8, 4) is 5.75 Å². The number of ether oxygens (including phenoxy) is 1. The first-order valence-electron chi connectivity index (χ1n) is 7.75. The second kappa shape index (κ2) is 8.24. The minimum atomic E-state index is -0.415. The largest absolute Gasteiger partial charge is 0.485 e. The monoisotopic (exact) mass is 329 g/mol. The fraction of sp³-hybridized carbons (Fsp3) is 0.263. The first-order valence-corrected chi connectivity index (χ1v) is 7.75. The summed E-state index contributed by atoms with van der Waals surface area (Å²) in [6.07, 6.45) is 0.447. The van der Waals surface area contributed by atoms with Crippen LogP contribution in [0.15, 0.2) is 48.5 Å². The average molecular weight is 329 g/mol. The molecule has 0 radical (unpaired) electrons. The van der Waals surface area contributed by atoms with Crippen molar-refractivity contribution in [2.45, 2.75) is 20.3 Å². The average Bonchev–Trinajstić information content (AvgIpc) is 2.52. The van der Waals surface area contributed by atoms with Crippen molar-refractivity contribution >= 4 is 17.4 Å². The quantitative estimate of drug-likeness (QED) is 0.779. The molecule has 1 amide bonds. The molecule has 126 valence electrons. The van der Waals surface area contributed by atoms with Crippen molar-refractivity contribution in [1.29, 1.82) is 0 Å². The van der Waals surface area contributed by atoms with Gasteiger partial charge in [-0.15, -0.1) is 0 Å². The van der Waals surface area contributed by atoms with Crippen LogP contribution in [-0.4, -0.2) is 18.3 Å². The van der Waals surface area contributed by atoms with Gasteiger partial charge < -0.3 is 10.1 Å². The standard InChI is InChI=1S/C19H20FNO3/c1-13(2)10-19(23)21-16-8-6-14(7-9-16)18(22)12-24-17-5-3-4-15(20)11-17/h3-9,11,13H,10,12H2,1-2H3,(H,21,23). The molecule has 2 aromatic carbocycles. The van der Waals surface area contributed by atoms with Crippen LogP contribution >= 0.6 is 0 Å². The van der Waals surface area contributed by atoms with Gasteiger partial charge in [0.15, 0.2) is 12.4 Å². The number of nitrogens with one attached hydrogen (secondary N) is 1. The van der Waals surface area contributed by atoms with Crippen LogP contribution in [0.2, 0.25) is 0 Å². The second-order valence-corrected chi connectivity index (χ2v) is 5.89. The predicted octanol–water partition coefficient (Wildman–Crippen LogP) is 4.07. The maximum Gasteiger partial charge on any atom is 0.224 e. The van der Waals surface area contributed by atoms with E-state index in [-0.39, 0.29) is 24.2 Å². The summed E-state index contributed by atoms with van der Waals surface area (Å²) in [7, 11) is 0. The number of halogens is 1. The normalized spacial score (nSPS) is 10.5. The van der Waals surface area contributed by atoms with Gasteiger partial charge in [0.25, 0.3) is 0 Å². The van der Waals surface area contributed by atoms with Crippen LogP contribution in [0, 0.1) is 11.7 Å². The summed E-state index contributed by atoms with van der Waals surface area (Å²) in [4.78, 5) is 23.8. The van der Waals surface area contributed by atoms with Gasteiger partial charge in [-0.2, -0.15) is 0 Å². The van der Waals surface area contributed by atoms with E-state index in [1.807, 2.05) is 13.8 Å². The molecule has 0 spiro atoms. The molecule has 0 unspecified atom stereocenters. The third-order valence-electron chi connectivity index (χ3n) is 3.25. The van der Waals surface area contributed by atoms with Crippen LogP contribution in [0.25, 0.3) is 0 Å². The minimum absolute atomic E-state index is 0.0569. The Balaban J connectivity index is 1.90. The van der Waals surface area contributed by atoms with Crippen molar-refractivity contribution in [2.24, 2.45) is 5.92 Å². The Labute approximate surface area is 140 Å². The van der Waals surface area contributed by atoms with Crippen LogP contribution in [0.5, 0.6) is 5.75 Å². The highest BCUT2D eigenvalue weighted by molar-refractivity contribution is 5.98. The summed E-state index contributed by atoms with van der Waals surface area (Å²) >= 11 is 0. The van der Waals surface area contributed by atoms with Crippen LogP contribution in [0.1, 0.15) is 30.6 Å². The van der Waals surface area contributed by atoms with E-state index in [1.54, 1.807) is 30.3 Å². The van der Waals surface area contributed by atoms with Gasteiger partial charge in [-0.05, 0) is 42.3 Å². The van der Waals surface area contributed by atoms with E-state index in [1.165, 1.54) is 18.2 Å². The maximum atomic E-state index is 13.0. The fourth-order valence-electron chi connectivity index (χ4n) is 2.11. The molecular weight excluding hydrogens is 309 g/mol. The molecule has 0 aliphatic rings. The number of benzene rings is 2. The highest BCUT2D eigenvalue weighted by Crippen LogP contribution is 2.14. The van der Waals surface area contributed by atoms with E-state index < -0.39 is 5.82 Å². The summed E-state index contributed by atoms with van der Waals surface area (Å²) in [6, 6.07) is 12.2. The summed E-state index contributed by atoms with van der Waals surface area (Å²) in [5.74, 6) is -0.106. The molecule has 4 nitrogen and oxygen atoms in total. The number of carbonyl (C=O) groups is 2. The van der Waals surface area contributed by atoms with Gasteiger partial charge in [0.1, 0.15) is 11.6 Å². The van der Waals surface area contributed by atoms with Gasteiger partial charge in [0.2, 0.25) is 5.91 Å². The second-order valence-electron chi connectivity index (χ2n) is 5.89. The number of hydrogen-bond donors (Lipinski definition) is 1. The van der Waals surface area contributed by atoms with Crippen LogP contribution in [0.4, 0.5) is 10.1 Å². The smallest absolute Gasteiger partial charge is 0.224 e. The van der Waals surface area contributed by atoms with Crippen molar-refractivity contribution in [1.82, 2.24) is 0 Å². The van der Waals surface area contributed by atoms with Crippen molar-refractivity contribution in [2.75, 3.05) is 11.9 Å². The van der Waals surface area contributed by atoms with E-state index in [4.69, 9.17) is 4.74 Å². The van der Waals surface area contributed by atoms with Gasteiger partial charge in [-0.1, -0.05) is 19.9 Å². The Morgan fingerprint density at radius 1 is 1.12 bits per heavy atom. The van der Waals surface area contributed by atoms with E-state index in [0.717, 1.165) is 0 Å². The fourth-order valence-corrected chi connectivity index (χ4v) is 2.11. The minimum Gasteiger partial charge on any atom is -0.485 e. The summed E-state index contributed by atoms with van der Waals surface area (Å²) in [5, 5.41) is 2.78. The zero-order chi connectivity index (χ0) is 17.5. The molecule has 0 atom stereocenters. The Kier molecular flexibility index (Phi) is 6.07. The first kappa shape index (κ1) is 17.7. The summed E-state index contributed by atoms with van der Waals surface area (Å²) in [6.45, 7) is 3.77. The number of carbonyl (C=O) groups excluding carboxylic acids is 2. The van der Waals surface area contributed by atoms with E-state index in [0.29, 0.717) is 23.4 Å². The molecule has 24 heavy (non-hydrogen) atoms. The highest BCUT2D eigenvalue weighted by atomic mass is 19.1. The van der Waals surface area contributed by atoms with Crippen LogP contribution in [-0.2, 0) is 4.79 Å². The van der Waals surface area contributed by atoms with Gasteiger partial charge in [-0.3, -0.25) is 9.59 Å². The lowest BCUT2D eigenvalue weighted by Gasteiger charge is -2.08. The lowest BCUT2D eigenvalue weighted by molar-refractivity contribution is -0.116. The third-order valence-corrected chi connectivity index (χ3v) is 3.25. The molecule has 0 aromatic heterocycles. The maximum absolute atomic E-state index is 13.0. The zero-order valence-electron chi connectivity index (χ0n) is 13.7. The molecule has 2 rings (SSSR count). The lowest BCUT2D eigenvalue weighted by atomic mass is 10.1. The highest BCUT2D eigenvalue weighted by Gasteiger charge is 2.09. The SMILES string of the molecule is CC(C)CC(=O)Nc1ccc(C(=O)COc2cccc(F)c2)cc1. The predicted molar refractivity (Wildman–Crippen MR) is 90.8 cm³/mol. The topological polar surface area (TPSA) is 55.4 Å². The molecule has 2 aromatic rings. The molecule has 1 N–H and O–H groups in total. The molecular formula is C19H20FNO3. The van der Waals surface area contributed by atoms with Crippen molar-refractivity contribution < 1.29 is 18.7 Å². The number of Topliss-reactive ketones (excluding diaryl/α,β-unsaturated/α-hetero) is 1. The summed E-state index contributed by atoms with van der Waals surface area (Å²) in [5.41, 5.74) is 1.11. The van der Waals surface area contributed by atoms with Crippen LogP contribution in [0.3, 0.4) is 0 Å². The molecule has 0 fully saturated rings. The molecule has 0 aliphatic heterocycles. The van der Waals surface area contributed by atoms with E-state index in [2.05, 4.69) is 5.32 Å². The number of ketones is 1. The van der Waals surface area contributed by atoms with Crippen molar-refractivity contribution in [3.05, 3.63) is 59.9 Å². The molecule has 0 aliphatic carbocycles. The third kappa shape index (κ3) is 5.50. The number of rotatable bonds is 7. The van der Waals surface area contributed by atoms with Crippen molar-refractivity contribution in [3.63, 3.8) is 0 Å². The number of amides is 1. The van der Waals surface area contributed by atoms with Gasteiger partial charge in [0, 0.05) is 23.7 Å². The zero-order valence-corrected chi connectivity index (χ0v) is 13.7. The Morgan fingerprint density at radius 2 is 1.83 bits per heavy atom. The van der Waals surface area contributed by atoms with E-state index >= 15 is 0 Å². The van der Waals surface area contributed by atoms with Crippen LogP contribution < -0.4 is 10.1 Å². The van der Waals surface area contributed by atoms with Gasteiger partial charge in [-0.25, -0.2) is 4.39 Å². The molecule has 0 bridgehead atoms. The number of hydrogen-bond acceptors (Lipinski definition) is 3. The van der Waals surface area contributed by atoms with Gasteiger partial charge in [0.05, 0.1) is 0 Å². The molecule has 0 heterocycles. The molecule has 0 saturated heterocycles. The Hall–Kier alpha value is -2.69. The molecule has 5 heteroatoms. The number of anilines is 1. The Bertz CT molecular complexity index is 711. The Morgan fingerprint density at radius 3 is 2.46 bits per heavy atom. The summed E-state index contributed by atoms with van der Waals surface area (Å²) < 4.78 is 18.3. The first-order chi connectivity index (χ1) is 11.4. The molecule has 0 saturated carbocycles.